The smallest absolute Gasteiger partial charge is 0.273 e. The van der Waals surface area contributed by atoms with E-state index in [0.717, 1.165) is 12.8 Å². The summed E-state index contributed by atoms with van der Waals surface area (Å²) in [5.41, 5.74) is 0.249. The van der Waals surface area contributed by atoms with Gasteiger partial charge in [-0.15, -0.1) is 0 Å². The molecule has 1 aliphatic rings. The summed E-state index contributed by atoms with van der Waals surface area (Å²) in [4.78, 5) is 11.3. The second-order valence-corrected chi connectivity index (χ2v) is 3.11. The van der Waals surface area contributed by atoms with E-state index in [-0.39, 0.29) is 17.6 Å². The van der Waals surface area contributed by atoms with Gasteiger partial charge in [-0.05, 0) is 12.8 Å². The molecule has 0 unspecified atom stereocenters. The van der Waals surface area contributed by atoms with Gasteiger partial charge in [0, 0.05) is 6.07 Å². The maximum absolute atomic E-state index is 11.3. The third kappa shape index (κ3) is 1.55. The zero-order valence-corrected chi connectivity index (χ0v) is 6.93. The molecule has 1 aromatic heterocycles. The summed E-state index contributed by atoms with van der Waals surface area (Å²) >= 11 is 0. The number of rotatable bonds is 2. The van der Waals surface area contributed by atoms with E-state index in [1.54, 1.807) is 0 Å². The molecule has 0 bridgehead atoms. The predicted octanol–water partition coefficient (Wildman–Crippen LogP) is -0.0723. The van der Waals surface area contributed by atoms with Gasteiger partial charge < -0.3 is 14.9 Å². The summed E-state index contributed by atoms with van der Waals surface area (Å²) < 4.78 is 4.52. The van der Waals surface area contributed by atoms with Crippen LogP contribution in [0.3, 0.4) is 0 Å². The quantitative estimate of drug-likeness (QED) is 0.671. The summed E-state index contributed by atoms with van der Waals surface area (Å²) in [5, 5.41) is 15.3. The lowest BCUT2D eigenvalue weighted by atomic mass is 9.89. The van der Waals surface area contributed by atoms with Crippen LogP contribution in [0.2, 0.25) is 0 Å². The van der Waals surface area contributed by atoms with E-state index in [1.165, 1.54) is 12.3 Å². The van der Waals surface area contributed by atoms with Crippen molar-refractivity contribution in [3.05, 3.63) is 18.0 Å². The van der Waals surface area contributed by atoms with Gasteiger partial charge in [0.25, 0.3) is 5.91 Å². The summed E-state index contributed by atoms with van der Waals surface area (Å²) in [6.45, 7) is 0. The van der Waals surface area contributed by atoms with E-state index < -0.39 is 6.10 Å². The molecule has 0 aliphatic heterocycles. The molecule has 0 aromatic carbocycles. The molecule has 5 nitrogen and oxygen atoms in total. The molecular formula is C8H10N2O3. The first-order chi connectivity index (χ1) is 6.27. The minimum Gasteiger partial charge on any atom is -0.391 e. The van der Waals surface area contributed by atoms with Gasteiger partial charge in [-0.25, -0.2) is 0 Å². The summed E-state index contributed by atoms with van der Waals surface area (Å²) in [6, 6.07) is 1.37. The van der Waals surface area contributed by atoms with Crippen LogP contribution in [0.4, 0.5) is 0 Å². The van der Waals surface area contributed by atoms with Gasteiger partial charge in [-0.1, -0.05) is 5.16 Å². The van der Waals surface area contributed by atoms with Crippen LogP contribution in [0.15, 0.2) is 16.9 Å². The Bertz CT molecular complexity index is 296. The molecule has 13 heavy (non-hydrogen) atoms. The fourth-order valence-corrected chi connectivity index (χ4v) is 1.22. The molecular weight excluding hydrogens is 172 g/mol. The maximum Gasteiger partial charge on any atom is 0.273 e. The highest BCUT2D eigenvalue weighted by molar-refractivity contribution is 5.92. The molecule has 1 aromatic rings. The van der Waals surface area contributed by atoms with E-state index >= 15 is 0 Å². The van der Waals surface area contributed by atoms with Crippen LogP contribution in [0.5, 0.6) is 0 Å². The molecule has 1 heterocycles. The molecule has 2 rings (SSSR count). The highest BCUT2D eigenvalue weighted by atomic mass is 16.5. The van der Waals surface area contributed by atoms with E-state index in [2.05, 4.69) is 15.0 Å². The van der Waals surface area contributed by atoms with Crippen LogP contribution in [0.25, 0.3) is 0 Å². The van der Waals surface area contributed by atoms with Gasteiger partial charge in [-0.3, -0.25) is 4.79 Å². The zero-order valence-electron chi connectivity index (χ0n) is 6.93. The Labute approximate surface area is 74.7 Å². The summed E-state index contributed by atoms with van der Waals surface area (Å²) in [6.07, 6.45) is 2.51. The van der Waals surface area contributed by atoms with Crippen molar-refractivity contribution in [2.24, 2.45) is 0 Å². The topological polar surface area (TPSA) is 75.4 Å². The van der Waals surface area contributed by atoms with Crippen LogP contribution in [-0.4, -0.2) is 28.3 Å². The first kappa shape index (κ1) is 8.25. The van der Waals surface area contributed by atoms with Crippen molar-refractivity contribution in [2.45, 2.75) is 25.0 Å². The van der Waals surface area contributed by atoms with Crippen LogP contribution in [-0.2, 0) is 0 Å². The number of nitrogens with zero attached hydrogens (tertiary/aromatic N) is 1. The van der Waals surface area contributed by atoms with E-state index in [0.29, 0.717) is 0 Å². The average Bonchev–Trinajstić information content (AvgIpc) is 2.64. The number of aliphatic hydroxyl groups excluding tert-OH is 1. The average molecular weight is 182 g/mol. The van der Waals surface area contributed by atoms with Crippen molar-refractivity contribution in [1.29, 1.82) is 0 Å². The Kier molecular flexibility index (Phi) is 2.02. The highest BCUT2D eigenvalue weighted by Gasteiger charge is 2.30. The van der Waals surface area contributed by atoms with Crippen LogP contribution in [0.1, 0.15) is 23.3 Å². The van der Waals surface area contributed by atoms with Crippen molar-refractivity contribution >= 4 is 5.91 Å². The second kappa shape index (κ2) is 3.18. The molecule has 2 atom stereocenters. The summed E-state index contributed by atoms with van der Waals surface area (Å²) in [7, 11) is 0. The Balaban J connectivity index is 1.92. The molecule has 1 fully saturated rings. The number of nitrogens with one attached hydrogen (secondary N) is 1. The number of aromatic nitrogens is 1. The van der Waals surface area contributed by atoms with Crippen molar-refractivity contribution in [3.8, 4) is 0 Å². The van der Waals surface area contributed by atoms with Gasteiger partial charge in [0.05, 0.1) is 12.1 Å². The lowest BCUT2D eigenvalue weighted by Crippen LogP contribution is -2.50. The van der Waals surface area contributed by atoms with Gasteiger partial charge in [0.2, 0.25) is 0 Å². The minimum absolute atomic E-state index is 0.121. The number of aliphatic hydroxyl groups is 1. The molecule has 1 amide bonds. The van der Waals surface area contributed by atoms with Crippen LogP contribution >= 0.6 is 0 Å². The van der Waals surface area contributed by atoms with E-state index in [9.17, 15) is 9.90 Å². The molecule has 70 valence electrons. The fourth-order valence-electron chi connectivity index (χ4n) is 1.22. The Hall–Kier alpha value is -1.36. The van der Waals surface area contributed by atoms with Crippen molar-refractivity contribution in [2.75, 3.05) is 0 Å². The standard InChI is InChI=1S/C8H10N2O3/c11-7-2-1-5(7)9-8(12)6-3-4-13-10-6/h3-5,7,11H,1-2H2,(H,9,12)/t5-,7-/m1/s1. The van der Waals surface area contributed by atoms with E-state index in [4.69, 9.17) is 0 Å². The fraction of sp³-hybridized carbons (Fsp3) is 0.500. The lowest BCUT2D eigenvalue weighted by molar-refractivity contribution is 0.0444. The first-order valence-corrected chi connectivity index (χ1v) is 4.16. The molecule has 0 saturated heterocycles. The minimum atomic E-state index is -0.407. The Morgan fingerprint density at radius 3 is 3.00 bits per heavy atom. The predicted molar refractivity (Wildman–Crippen MR) is 43.0 cm³/mol. The number of carbonyl (C=O) groups is 1. The highest BCUT2D eigenvalue weighted by Crippen LogP contribution is 2.19. The van der Waals surface area contributed by atoms with Gasteiger partial charge in [-0.2, -0.15) is 0 Å². The number of amides is 1. The molecule has 0 spiro atoms. The largest absolute Gasteiger partial charge is 0.391 e. The number of hydrogen-bond donors (Lipinski definition) is 2. The number of hydrogen-bond acceptors (Lipinski definition) is 4. The van der Waals surface area contributed by atoms with Crippen molar-refractivity contribution in [3.63, 3.8) is 0 Å². The second-order valence-electron chi connectivity index (χ2n) is 3.11. The molecule has 5 heteroatoms. The zero-order chi connectivity index (χ0) is 9.26. The SMILES string of the molecule is O=C(N[C@@H]1CC[C@H]1O)c1ccon1. The van der Waals surface area contributed by atoms with Crippen LogP contribution in [0, 0.1) is 0 Å². The normalized spacial score (nSPS) is 26.5. The maximum atomic E-state index is 11.3. The molecule has 0 radical (unpaired) electrons. The number of carbonyl (C=O) groups excluding carboxylic acids is 1. The lowest BCUT2D eigenvalue weighted by Gasteiger charge is -2.32. The third-order valence-corrected chi connectivity index (χ3v) is 2.22. The van der Waals surface area contributed by atoms with Gasteiger partial charge in [0.15, 0.2) is 5.69 Å². The van der Waals surface area contributed by atoms with Gasteiger partial charge >= 0.3 is 0 Å². The molecule has 1 aliphatic carbocycles. The van der Waals surface area contributed by atoms with Crippen molar-refractivity contribution < 1.29 is 14.4 Å². The third-order valence-electron chi connectivity index (χ3n) is 2.22. The first-order valence-electron chi connectivity index (χ1n) is 4.16. The monoisotopic (exact) mass is 182 g/mol. The molecule has 1 saturated carbocycles. The van der Waals surface area contributed by atoms with Crippen LogP contribution < -0.4 is 5.32 Å². The van der Waals surface area contributed by atoms with Gasteiger partial charge in [0.1, 0.15) is 6.26 Å². The van der Waals surface area contributed by atoms with Crippen molar-refractivity contribution in [1.82, 2.24) is 10.5 Å². The Morgan fingerprint density at radius 2 is 2.54 bits per heavy atom. The Morgan fingerprint density at radius 1 is 1.69 bits per heavy atom. The summed E-state index contributed by atoms with van der Waals surface area (Å²) in [5.74, 6) is -0.294. The molecule has 2 N–H and O–H groups in total. The van der Waals surface area contributed by atoms with E-state index in [1.807, 2.05) is 0 Å².